The normalized spacial score (nSPS) is 17.3. The molecule has 1 atom stereocenters. The van der Waals surface area contributed by atoms with E-state index in [0.717, 1.165) is 5.56 Å². The Morgan fingerprint density at radius 2 is 1.61 bits per heavy atom. The number of carbonyl (C=O) groups excluding carboxylic acids is 2. The Hall–Kier alpha value is -4.13. The summed E-state index contributed by atoms with van der Waals surface area (Å²) in [5, 5.41) is 11.2. The van der Waals surface area contributed by atoms with Crippen molar-refractivity contribution in [1.29, 1.82) is 0 Å². The number of halogens is 1. The zero-order chi connectivity index (χ0) is 23.7. The van der Waals surface area contributed by atoms with Crippen molar-refractivity contribution in [3.8, 4) is 11.5 Å². The van der Waals surface area contributed by atoms with Crippen molar-refractivity contribution < 1.29 is 28.6 Å². The highest BCUT2D eigenvalue weighted by atomic mass is 19.1. The lowest BCUT2D eigenvalue weighted by Gasteiger charge is -2.25. The minimum Gasteiger partial charge on any atom is -0.507 e. The van der Waals surface area contributed by atoms with E-state index in [9.17, 15) is 19.1 Å². The van der Waals surface area contributed by atoms with Crippen LogP contribution in [0.5, 0.6) is 11.5 Å². The monoisotopic (exact) mass is 447 g/mol. The molecule has 6 nitrogen and oxygen atoms in total. The van der Waals surface area contributed by atoms with Gasteiger partial charge in [0.05, 0.1) is 25.8 Å². The molecule has 0 radical (unpaired) electrons. The first-order valence-corrected chi connectivity index (χ1v) is 10.2. The van der Waals surface area contributed by atoms with E-state index in [1.807, 2.05) is 6.92 Å². The molecule has 33 heavy (non-hydrogen) atoms. The molecule has 1 heterocycles. The summed E-state index contributed by atoms with van der Waals surface area (Å²) in [6.07, 6.45) is 0. The van der Waals surface area contributed by atoms with Crippen LogP contribution in [0.4, 0.5) is 10.1 Å². The first-order valence-electron chi connectivity index (χ1n) is 10.2. The number of anilines is 1. The molecule has 3 aromatic carbocycles. The summed E-state index contributed by atoms with van der Waals surface area (Å²) >= 11 is 0. The van der Waals surface area contributed by atoms with Crippen LogP contribution in [0.15, 0.2) is 72.3 Å². The van der Waals surface area contributed by atoms with Gasteiger partial charge in [-0.05, 0) is 72.6 Å². The molecule has 1 N–H and O–H groups in total. The van der Waals surface area contributed by atoms with E-state index < -0.39 is 23.5 Å². The number of aliphatic hydroxyl groups excluding tert-OH is 1. The van der Waals surface area contributed by atoms with Gasteiger partial charge < -0.3 is 14.6 Å². The fourth-order valence-electron chi connectivity index (χ4n) is 3.98. The standard InChI is InChI=1S/C26H22FNO5/c1-15-14-17(6-13-21(15)33-3)24(29)22-23(16-4-7-18(27)8-5-16)28(26(31)25(22)30)19-9-11-20(32-2)12-10-19/h4-14,23,29H,1-3H3/b24-22-. The molecular weight excluding hydrogens is 425 g/mol. The smallest absolute Gasteiger partial charge is 0.300 e. The van der Waals surface area contributed by atoms with Crippen molar-refractivity contribution >= 4 is 23.1 Å². The molecule has 0 aromatic heterocycles. The van der Waals surface area contributed by atoms with Gasteiger partial charge in [0.25, 0.3) is 11.7 Å². The van der Waals surface area contributed by atoms with Gasteiger partial charge in [-0.15, -0.1) is 0 Å². The van der Waals surface area contributed by atoms with Crippen LogP contribution in [0.25, 0.3) is 5.76 Å². The maximum absolute atomic E-state index is 13.6. The maximum atomic E-state index is 13.6. The van der Waals surface area contributed by atoms with Crippen LogP contribution in [0, 0.1) is 12.7 Å². The molecule has 168 valence electrons. The van der Waals surface area contributed by atoms with Crippen LogP contribution in [0.2, 0.25) is 0 Å². The molecular formula is C26H22FNO5. The van der Waals surface area contributed by atoms with Gasteiger partial charge in [-0.1, -0.05) is 12.1 Å². The van der Waals surface area contributed by atoms with E-state index in [-0.39, 0.29) is 11.3 Å². The summed E-state index contributed by atoms with van der Waals surface area (Å²) in [6.45, 7) is 1.81. The van der Waals surface area contributed by atoms with E-state index >= 15 is 0 Å². The van der Waals surface area contributed by atoms with Crippen LogP contribution in [0.1, 0.15) is 22.7 Å². The van der Waals surface area contributed by atoms with E-state index in [1.54, 1.807) is 42.5 Å². The fourth-order valence-corrected chi connectivity index (χ4v) is 3.98. The number of amides is 1. The van der Waals surface area contributed by atoms with Crippen LogP contribution < -0.4 is 14.4 Å². The Labute approximate surface area is 190 Å². The number of hydrogen-bond donors (Lipinski definition) is 1. The Morgan fingerprint density at radius 1 is 0.939 bits per heavy atom. The van der Waals surface area contributed by atoms with Crippen molar-refractivity contribution in [2.24, 2.45) is 0 Å². The molecule has 1 saturated heterocycles. The third-order valence-corrected chi connectivity index (χ3v) is 5.65. The number of benzene rings is 3. The predicted molar refractivity (Wildman–Crippen MR) is 122 cm³/mol. The lowest BCUT2D eigenvalue weighted by atomic mass is 9.94. The number of nitrogens with zero attached hydrogens (tertiary/aromatic N) is 1. The van der Waals surface area contributed by atoms with Gasteiger partial charge in [0.1, 0.15) is 23.1 Å². The Bertz CT molecular complexity index is 1250. The fraction of sp³-hybridized carbons (Fsp3) is 0.154. The summed E-state index contributed by atoms with van der Waals surface area (Å²) in [5.41, 5.74) is 1.97. The summed E-state index contributed by atoms with van der Waals surface area (Å²) in [7, 11) is 3.06. The number of Topliss-reactive ketones (excluding diaryl/α,β-unsaturated/α-hetero) is 1. The van der Waals surface area contributed by atoms with Crippen molar-refractivity contribution in [1.82, 2.24) is 0 Å². The first kappa shape index (κ1) is 22.1. The maximum Gasteiger partial charge on any atom is 0.300 e. The van der Waals surface area contributed by atoms with Crippen LogP contribution >= 0.6 is 0 Å². The molecule has 1 aliphatic rings. The zero-order valence-electron chi connectivity index (χ0n) is 18.3. The summed E-state index contributed by atoms with van der Waals surface area (Å²) in [6, 6.07) is 16.2. The molecule has 1 aliphatic heterocycles. The average molecular weight is 447 g/mol. The molecule has 0 aliphatic carbocycles. The van der Waals surface area contributed by atoms with Gasteiger partial charge in [-0.25, -0.2) is 4.39 Å². The molecule has 7 heteroatoms. The number of rotatable bonds is 5. The van der Waals surface area contributed by atoms with Gasteiger partial charge in [0.2, 0.25) is 0 Å². The predicted octanol–water partition coefficient (Wildman–Crippen LogP) is 4.78. The molecule has 1 amide bonds. The van der Waals surface area contributed by atoms with Crippen molar-refractivity contribution in [3.63, 3.8) is 0 Å². The third kappa shape index (κ3) is 3.93. The number of ether oxygens (including phenoxy) is 2. The second kappa shape index (κ2) is 8.78. The molecule has 0 saturated carbocycles. The summed E-state index contributed by atoms with van der Waals surface area (Å²) < 4.78 is 24.1. The van der Waals surface area contributed by atoms with Crippen molar-refractivity contribution in [2.75, 3.05) is 19.1 Å². The molecule has 3 aromatic rings. The number of aryl methyl sites for hydroxylation is 1. The molecule has 1 unspecified atom stereocenters. The Kier molecular flexibility index (Phi) is 5.87. The minimum atomic E-state index is -0.943. The molecule has 4 rings (SSSR count). The minimum absolute atomic E-state index is 0.0769. The topological polar surface area (TPSA) is 76.1 Å². The van der Waals surface area contributed by atoms with E-state index in [4.69, 9.17) is 9.47 Å². The SMILES string of the molecule is COc1ccc(N2C(=O)C(=O)/C(=C(\O)c3ccc(OC)c(C)c3)C2c2ccc(F)cc2)cc1. The van der Waals surface area contributed by atoms with E-state index in [2.05, 4.69) is 0 Å². The number of carbonyl (C=O) groups is 2. The number of methoxy groups -OCH3 is 2. The zero-order valence-corrected chi connectivity index (χ0v) is 18.3. The second-order valence-corrected chi connectivity index (χ2v) is 7.60. The second-order valence-electron chi connectivity index (χ2n) is 7.60. The average Bonchev–Trinajstić information content (AvgIpc) is 3.09. The first-order chi connectivity index (χ1) is 15.8. The molecule has 0 bridgehead atoms. The highest BCUT2D eigenvalue weighted by molar-refractivity contribution is 6.51. The number of ketones is 1. The molecule has 0 spiro atoms. The van der Waals surface area contributed by atoms with Crippen molar-refractivity contribution in [2.45, 2.75) is 13.0 Å². The largest absolute Gasteiger partial charge is 0.507 e. The third-order valence-electron chi connectivity index (χ3n) is 5.65. The van der Waals surface area contributed by atoms with Gasteiger partial charge >= 0.3 is 0 Å². The van der Waals surface area contributed by atoms with Crippen molar-refractivity contribution in [3.05, 3.63) is 94.8 Å². The quantitative estimate of drug-likeness (QED) is 0.346. The van der Waals surface area contributed by atoms with Crippen LogP contribution in [-0.2, 0) is 9.59 Å². The Morgan fingerprint density at radius 3 is 2.18 bits per heavy atom. The van der Waals surface area contributed by atoms with Crippen LogP contribution in [0.3, 0.4) is 0 Å². The summed E-state index contributed by atoms with van der Waals surface area (Å²) in [5.74, 6) is -1.18. The number of aliphatic hydroxyl groups is 1. The highest BCUT2D eigenvalue weighted by Gasteiger charge is 2.47. The van der Waals surface area contributed by atoms with Crippen LogP contribution in [-0.4, -0.2) is 31.0 Å². The lowest BCUT2D eigenvalue weighted by Crippen LogP contribution is -2.29. The number of hydrogen-bond acceptors (Lipinski definition) is 5. The van der Waals surface area contributed by atoms with Gasteiger partial charge in [-0.2, -0.15) is 0 Å². The van der Waals surface area contributed by atoms with E-state index in [1.165, 1.54) is 43.4 Å². The van der Waals surface area contributed by atoms with Gasteiger partial charge in [0, 0.05) is 11.3 Å². The Balaban J connectivity index is 1.91. The van der Waals surface area contributed by atoms with Gasteiger partial charge in [0.15, 0.2) is 0 Å². The summed E-state index contributed by atoms with van der Waals surface area (Å²) in [4.78, 5) is 27.6. The van der Waals surface area contributed by atoms with Gasteiger partial charge in [-0.3, -0.25) is 14.5 Å². The molecule has 1 fully saturated rings. The lowest BCUT2D eigenvalue weighted by molar-refractivity contribution is -0.132. The highest BCUT2D eigenvalue weighted by Crippen LogP contribution is 2.42. The van der Waals surface area contributed by atoms with E-state index in [0.29, 0.717) is 28.3 Å².